The maximum absolute atomic E-state index is 12.3. The van der Waals surface area contributed by atoms with Gasteiger partial charge in [-0.2, -0.15) is 0 Å². The predicted molar refractivity (Wildman–Crippen MR) is 205 cm³/mol. The van der Waals surface area contributed by atoms with E-state index in [1.165, 1.54) is 38.5 Å². The number of hydrogen-bond acceptors (Lipinski definition) is 5. The van der Waals surface area contributed by atoms with Crippen LogP contribution in [-0.4, -0.2) is 36.2 Å². The molecule has 5 nitrogen and oxygen atoms in total. The maximum atomic E-state index is 12.3. The van der Waals surface area contributed by atoms with Gasteiger partial charge in [0.05, 0.1) is 6.85 Å². The third-order valence-corrected chi connectivity index (χ3v) is 6.94. The fraction of sp³-hybridized carbons (Fsp3) is 0.581. The Kier molecular flexibility index (Phi) is 28.8. The molecule has 0 aromatic heterocycles. The van der Waals surface area contributed by atoms with Crippen LogP contribution in [0.4, 0.5) is 0 Å². The fourth-order valence-corrected chi connectivity index (χ4v) is 4.18. The van der Waals surface area contributed by atoms with Gasteiger partial charge in [0.2, 0.25) is 0 Å². The highest BCUT2D eigenvalue weighted by Gasteiger charge is 2.11. The number of unbranched alkanes of at least 4 members (excludes halogenated alkanes) is 8. The molecule has 0 unspecified atom stereocenters. The van der Waals surface area contributed by atoms with Crippen LogP contribution >= 0.6 is 0 Å². The minimum absolute atomic E-state index is 0.201. The molecule has 0 aliphatic heterocycles. The highest BCUT2D eigenvalue weighted by molar-refractivity contribution is 5.69. The summed E-state index contributed by atoms with van der Waals surface area (Å²) in [5, 5.41) is 10.4. The van der Waals surface area contributed by atoms with Crippen LogP contribution in [0.15, 0.2) is 97.2 Å². The molecule has 0 aromatic carbocycles. The molecule has 270 valence electrons. The first-order valence-electron chi connectivity index (χ1n) is 20.8. The van der Waals surface area contributed by atoms with Crippen molar-refractivity contribution in [1.82, 2.24) is 0 Å². The average molecular weight is 670 g/mol. The van der Waals surface area contributed by atoms with E-state index in [-0.39, 0.29) is 12.8 Å². The van der Waals surface area contributed by atoms with Crippen LogP contribution in [-0.2, 0) is 19.1 Å². The number of aliphatic hydroxyl groups is 1. The summed E-state index contributed by atoms with van der Waals surface area (Å²) in [6, 6.07) is 0. The molecule has 48 heavy (non-hydrogen) atoms. The largest absolute Gasteiger partial charge is 0.463 e. The highest BCUT2D eigenvalue weighted by atomic mass is 16.6. The van der Waals surface area contributed by atoms with Crippen molar-refractivity contribution < 1.29 is 31.0 Å². The third-order valence-electron chi connectivity index (χ3n) is 6.94. The first-order valence-corrected chi connectivity index (χ1v) is 18.3. The molecule has 0 amide bonds. The molecule has 0 rings (SSSR count). The molecule has 0 heterocycles. The average Bonchev–Trinajstić information content (AvgIpc) is 3.10. The van der Waals surface area contributed by atoms with E-state index in [9.17, 15) is 14.7 Å². The Bertz CT molecular complexity index is 1110. The summed E-state index contributed by atoms with van der Waals surface area (Å²) in [4.78, 5) is 24.5. The van der Waals surface area contributed by atoms with Gasteiger partial charge < -0.3 is 14.6 Å². The molecule has 0 aromatic rings. The highest BCUT2D eigenvalue weighted by Crippen LogP contribution is 2.05. The molecule has 0 fully saturated rings. The Labute approximate surface area is 301 Å². The van der Waals surface area contributed by atoms with Crippen LogP contribution in [0, 0.1) is 0 Å². The zero-order valence-corrected chi connectivity index (χ0v) is 30.0. The van der Waals surface area contributed by atoms with Crippen LogP contribution in [0.5, 0.6) is 0 Å². The second-order valence-corrected chi connectivity index (χ2v) is 11.5. The smallest absolute Gasteiger partial charge is 0.305 e. The van der Waals surface area contributed by atoms with E-state index in [2.05, 4.69) is 84.1 Å². The van der Waals surface area contributed by atoms with E-state index >= 15 is 0 Å². The molecule has 0 spiro atoms. The van der Waals surface area contributed by atoms with E-state index in [0.29, 0.717) is 25.7 Å². The SMILES string of the molecule is [2H]C([2H])(OC(=O)CCC/C=C\C/C=C\C/C=C\C/C=C\CCCCC)C([2H])(O)C([2H])([2H])OC(=O)CCC/C=C\C/C=C\C/C=C\C/C=C\CCCCC. The first kappa shape index (κ1) is 36.1. The zero-order valence-electron chi connectivity index (χ0n) is 35.0. The van der Waals surface area contributed by atoms with E-state index < -0.39 is 31.1 Å². The number of esters is 2. The minimum Gasteiger partial charge on any atom is -0.463 e. The Balaban J connectivity index is 4.30. The number of hydrogen-bond donors (Lipinski definition) is 1. The van der Waals surface area contributed by atoms with E-state index in [1.54, 1.807) is 0 Å². The number of carbonyl (C=O) groups is 2. The predicted octanol–water partition coefficient (Wildman–Crippen LogP) is 11.7. The van der Waals surface area contributed by atoms with Crippen molar-refractivity contribution in [1.29, 1.82) is 0 Å². The van der Waals surface area contributed by atoms with E-state index in [1.807, 2.05) is 36.5 Å². The Morgan fingerprint density at radius 3 is 1.06 bits per heavy atom. The lowest BCUT2D eigenvalue weighted by Crippen LogP contribution is -2.25. The Morgan fingerprint density at radius 2 is 0.771 bits per heavy atom. The van der Waals surface area contributed by atoms with Gasteiger partial charge in [-0.3, -0.25) is 9.59 Å². The van der Waals surface area contributed by atoms with Crippen LogP contribution in [0.3, 0.4) is 0 Å². The van der Waals surface area contributed by atoms with Crippen molar-refractivity contribution in [2.24, 2.45) is 0 Å². The monoisotopic (exact) mass is 670 g/mol. The van der Waals surface area contributed by atoms with Gasteiger partial charge in [0.15, 0.2) is 0 Å². The van der Waals surface area contributed by atoms with Gasteiger partial charge in [-0.1, -0.05) is 137 Å². The van der Waals surface area contributed by atoms with Crippen molar-refractivity contribution in [3.63, 3.8) is 0 Å². The van der Waals surface area contributed by atoms with Crippen molar-refractivity contribution in [2.75, 3.05) is 13.1 Å². The van der Waals surface area contributed by atoms with Gasteiger partial charge in [-0.05, 0) is 89.9 Å². The van der Waals surface area contributed by atoms with Gasteiger partial charge in [-0.15, -0.1) is 0 Å². The quantitative estimate of drug-likeness (QED) is 0.0438. The van der Waals surface area contributed by atoms with Crippen molar-refractivity contribution in [3.8, 4) is 0 Å². The molecule has 0 atom stereocenters. The van der Waals surface area contributed by atoms with Gasteiger partial charge in [0.1, 0.15) is 19.2 Å². The van der Waals surface area contributed by atoms with Gasteiger partial charge in [-0.25, -0.2) is 0 Å². The second-order valence-electron chi connectivity index (χ2n) is 11.5. The molecule has 0 saturated carbocycles. The molecule has 0 aliphatic carbocycles. The summed E-state index contributed by atoms with van der Waals surface area (Å²) in [5.74, 6) is -2.09. The van der Waals surface area contributed by atoms with Crippen LogP contribution in [0.25, 0.3) is 0 Å². The lowest BCUT2D eigenvalue weighted by atomic mass is 10.2. The second kappa shape index (κ2) is 38.3. The summed E-state index contributed by atoms with van der Waals surface area (Å²) in [5.41, 5.74) is 0. The normalized spacial score (nSPS) is 15.1. The summed E-state index contributed by atoms with van der Waals surface area (Å²) in [7, 11) is 0. The van der Waals surface area contributed by atoms with E-state index in [4.69, 9.17) is 6.85 Å². The third kappa shape index (κ3) is 37.3. The minimum atomic E-state index is -3.70. The molecule has 1 N–H and O–H groups in total. The molecular weight excluding hydrogens is 596 g/mol. The molecule has 5 heteroatoms. The molecule has 0 saturated heterocycles. The van der Waals surface area contributed by atoms with E-state index in [0.717, 1.165) is 51.4 Å². The number of rotatable bonds is 32. The van der Waals surface area contributed by atoms with Crippen LogP contribution in [0.2, 0.25) is 0 Å². The topological polar surface area (TPSA) is 72.8 Å². The van der Waals surface area contributed by atoms with Gasteiger partial charge >= 0.3 is 11.9 Å². The number of ether oxygens (including phenoxy) is 2. The Hall–Kier alpha value is -3.18. The van der Waals surface area contributed by atoms with Gasteiger partial charge in [0.25, 0.3) is 0 Å². The van der Waals surface area contributed by atoms with Crippen molar-refractivity contribution in [3.05, 3.63) is 97.2 Å². The fourth-order valence-electron chi connectivity index (χ4n) is 4.18. The summed E-state index contributed by atoms with van der Waals surface area (Å²) in [6.07, 6.45) is 45.9. The first-order chi connectivity index (χ1) is 25.4. The summed E-state index contributed by atoms with van der Waals surface area (Å²) in [6.45, 7) is -2.56. The molecule has 0 radical (unpaired) electrons. The van der Waals surface area contributed by atoms with Gasteiger partial charge in [0, 0.05) is 12.8 Å². The van der Waals surface area contributed by atoms with Crippen LogP contribution < -0.4 is 0 Å². The van der Waals surface area contributed by atoms with Crippen LogP contribution in [0.1, 0.15) is 149 Å². The molecule has 0 aliphatic rings. The molecule has 0 bridgehead atoms. The summed E-state index contributed by atoms with van der Waals surface area (Å²) >= 11 is 0. The number of carbonyl (C=O) groups excluding carboxylic acids is 2. The number of allylic oxidation sites excluding steroid dienone is 16. The lowest BCUT2D eigenvalue weighted by molar-refractivity contribution is -0.152. The zero-order chi connectivity index (χ0) is 39.5. The Morgan fingerprint density at radius 1 is 0.500 bits per heavy atom. The standard InChI is InChI=1S/C43H68O5/c1-3-5-7-9-11-13-15-17-19-21-23-25-27-29-31-33-35-37-42(45)47-39-41(44)40-48-43(46)38-36-34-32-30-28-26-24-22-20-18-16-14-12-10-8-6-4-2/h11-14,17-20,23-26,29-32,41,44H,3-10,15-16,21-22,27-28,33-40H2,1-2H3/b13-11-,14-12-,19-17-,20-18-,25-23-,26-24-,31-29-,32-30-/i39D2,40D2,41D. The molecular formula is C43H68O5. The maximum Gasteiger partial charge on any atom is 0.305 e. The lowest BCUT2D eigenvalue weighted by Gasteiger charge is -2.11. The van der Waals surface area contributed by atoms with Crippen molar-refractivity contribution in [2.45, 2.75) is 148 Å². The summed E-state index contributed by atoms with van der Waals surface area (Å²) < 4.78 is 48.9. The van der Waals surface area contributed by atoms with Crippen molar-refractivity contribution >= 4 is 11.9 Å².